The normalized spacial score (nSPS) is 53.0. The van der Waals surface area contributed by atoms with Crippen LogP contribution in [0.2, 0.25) is 0 Å². The van der Waals surface area contributed by atoms with E-state index in [4.69, 9.17) is 14.2 Å². The Hall–Kier alpha value is -1.60. The number of esters is 2. The Balaban J connectivity index is 1.18. The number of aliphatic hydroxyl groups excluding tert-OH is 3. The summed E-state index contributed by atoms with van der Waals surface area (Å²) in [7, 11) is 1.14. The molecule has 41 heavy (non-hydrogen) atoms. The van der Waals surface area contributed by atoms with Crippen LogP contribution in [-0.4, -0.2) is 99.2 Å². The third-order valence-electron chi connectivity index (χ3n) is 12.4. The molecule has 8 unspecified atom stereocenters. The van der Waals surface area contributed by atoms with Crippen LogP contribution >= 0.6 is 0 Å². The topological polar surface area (TPSA) is 172 Å². The molecule has 2 heterocycles. The molecule has 0 bridgehead atoms. The molecule has 11 nitrogen and oxygen atoms in total. The van der Waals surface area contributed by atoms with Crippen molar-refractivity contribution in [2.45, 2.75) is 120 Å². The fourth-order valence-corrected chi connectivity index (χ4v) is 9.94. The smallest absolute Gasteiger partial charge is 0.337 e. The highest BCUT2D eigenvalue weighted by Gasteiger charge is 2.70. The van der Waals surface area contributed by atoms with Gasteiger partial charge < -0.3 is 44.5 Å². The SMILES string of the molecule is COC(=O)[C@H]1O[C@@H](OC2CCC3(C)C4CCC5(C)C(C6=CC(=O)OC6)CCC5(O)C4CCC3(O)C2)[C@H](O)[C@@H](O)[C@@H]1O. The van der Waals surface area contributed by atoms with Gasteiger partial charge in [0.2, 0.25) is 0 Å². The van der Waals surface area contributed by atoms with E-state index >= 15 is 0 Å². The van der Waals surface area contributed by atoms with Crippen LogP contribution in [0.15, 0.2) is 11.6 Å². The molecule has 0 aromatic heterocycles. The molecule has 4 saturated carbocycles. The fourth-order valence-electron chi connectivity index (χ4n) is 9.94. The van der Waals surface area contributed by atoms with E-state index < -0.39 is 59.4 Å². The first kappa shape index (κ1) is 29.5. The Morgan fingerprint density at radius 3 is 2.32 bits per heavy atom. The third kappa shape index (κ3) is 4.17. The second-order valence-electron chi connectivity index (χ2n) is 13.9. The van der Waals surface area contributed by atoms with Crippen molar-refractivity contribution in [1.29, 1.82) is 0 Å². The van der Waals surface area contributed by atoms with Gasteiger partial charge in [0.05, 0.1) is 24.4 Å². The predicted octanol–water partition coefficient (Wildman–Crippen LogP) is 0.724. The first-order valence-electron chi connectivity index (χ1n) is 15.0. The summed E-state index contributed by atoms with van der Waals surface area (Å²) in [6.07, 6.45) is -0.948. The first-order valence-corrected chi connectivity index (χ1v) is 15.0. The molecule has 0 aromatic rings. The Labute approximate surface area is 239 Å². The van der Waals surface area contributed by atoms with Crippen LogP contribution in [0, 0.1) is 28.6 Å². The van der Waals surface area contributed by atoms with Crippen LogP contribution in [0.3, 0.4) is 0 Å². The molecule has 2 aliphatic heterocycles. The molecule has 230 valence electrons. The summed E-state index contributed by atoms with van der Waals surface area (Å²) in [5.74, 6) is -0.966. The lowest BCUT2D eigenvalue weighted by Crippen LogP contribution is -2.68. The van der Waals surface area contributed by atoms with Gasteiger partial charge in [-0.15, -0.1) is 0 Å². The number of hydrogen-bond donors (Lipinski definition) is 5. The molecule has 13 atom stereocenters. The molecule has 0 aromatic carbocycles. The van der Waals surface area contributed by atoms with Crippen molar-refractivity contribution >= 4 is 11.9 Å². The standard InChI is InChI=1S/C30H44O11/c1-27-8-4-16(40-26-23(34)21(32)22(33)24(41-26)25(35)38-3)13-29(27,36)10-6-19-18(27)5-9-28(2)17(7-11-30(19,28)37)15-12-20(31)39-14-15/h12,16-19,21-24,26,32-34,36-37H,4-11,13-14H2,1-3H3/t16?,17?,18?,19?,21-,22-,23+,24-,26+,27?,28?,29?,30?/m0/s1. The van der Waals surface area contributed by atoms with Gasteiger partial charge in [-0.05, 0) is 80.1 Å². The number of ether oxygens (including phenoxy) is 4. The minimum absolute atomic E-state index is 0.0218. The van der Waals surface area contributed by atoms with Crippen LogP contribution in [0.1, 0.15) is 71.6 Å². The molecule has 0 amide bonds. The van der Waals surface area contributed by atoms with E-state index in [2.05, 4.69) is 18.6 Å². The zero-order chi connectivity index (χ0) is 29.5. The average Bonchev–Trinajstić information content (AvgIpc) is 3.48. The molecule has 0 radical (unpaired) electrons. The van der Waals surface area contributed by atoms with E-state index in [1.54, 1.807) is 6.08 Å². The van der Waals surface area contributed by atoms with Crippen LogP contribution in [0.4, 0.5) is 0 Å². The molecular weight excluding hydrogens is 536 g/mol. The molecule has 6 aliphatic rings. The number of methoxy groups -OCH3 is 1. The van der Waals surface area contributed by atoms with Gasteiger partial charge in [0.15, 0.2) is 12.4 Å². The Bertz CT molecular complexity index is 1110. The molecule has 5 fully saturated rings. The second-order valence-corrected chi connectivity index (χ2v) is 13.9. The molecule has 11 heteroatoms. The summed E-state index contributed by atoms with van der Waals surface area (Å²) >= 11 is 0. The number of aliphatic hydroxyl groups is 5. The van der Waals surface area contributed by atoms with Gasteiger partial charge in [-0.25, -0.2) is 9.59 Å². The lowest BCUT2D eigenvalue weighted by molar-refractivity contribution is -0.319. The van der Waals surface area contributed by atoms with E-state index in [1.165, 1.54) is 0 Å². The maximum Gasteiger partial charge on any atom is 0.337 e. The lowest BCUT2D eigenvalue weighted by atomic mass is 9.42. The highest BCUT2D eigenvalue weighted by atomic mass is 16.7. The van der Waals surface area contributed by atoms with Crippen molar-refractivity contribution in [2.75, 3.05) is 13.7 Å². The van der Waals surface area contributed by atoms with Crippen molar-refractivity contribution < 1.29 is 54.1 Å². The average molecular weight is 581 g/mol. The maximum absolute atomic E-state index is 12.4. The lowest BCUT2D eigenvalue weighted by Gasteiger charge is -2.66. The number of fused-ring (bicyclic) bond motifs is 5. The molecular formula is C30H44O11. The van der Waals surface area contributed by atoms with E-state index in [9.17, 15) is 35.1 Å². The van der Waals surface area contributed by atoms with Crippen molar-refractivity contribution in [2.24, 2.45) is 28.6 Å². The summed E-state index contributed by atoms with van der Waals surface area (Å²) in [6, 6.07) is 0. The largest absolute Gasteiger partial charge is 0.467 e. The zero-order valence-corrected chi connectivity index (χ0v) is 24.0. The second kappa shape index (κ2) is 9.97. The van der Waals surface area contributed by atoms with Gasteiger partial charge in [0.1, 0.15) is 24.9 Å². The van der Waals surface area contributed by atoms with Gasteiger partial charge in [-0.1, -0.05) is 13.8 Å². The number of cyclic esters (lactones) is 1. The molecule has 1 saturated heterocycles. The fraction of sp³-hybridized carbons (Fsp3) is 0.867. The van der Waals surface area contributed by atoms with Crippen LogP contribution < -0.4 is 0 Å². The minimum atomic E-state index is -1.66. The summed E-state index contributed by atoms with van der Waals surface area (Å²) in [5.41, 5.74) is -1.82. The van der Waals surface area contributed by atoms with Gasteiger partial charge in [-0.3, -0.25) is 0 Å². The summed E-state index contributed by atoms with van der Waals surface area (Å²) in [5, 5.41) is 55.6. The van der Waals surface area contributed by atoms with Crippen LogP contribution in [0.5, 0.6) is 0 Å². The monoisotopic (exact) mass is 580 g/mol. The Morgan fingerprint density at radius 2 is 1.63 bits per heavy atom. The number of carbonyl (C=O) groups excluding carboxylic acids is 2. The summed E-state index contributed by atoms with van der Waals surface area (Å²) in [4.78, 5) is 23.9. The van der Waals surface area contributed by atoms with Crippen molar-refractivity contribution in [3.05, 3.63) is 11.6 Å². The predicted molar refractivity (Wildman–Crippen MR) is 141 cm³/mol. The molecule has 4 aliphatic carbocycles. The minimum Gasteiger partial charge on any atom is -0.467 e. The maximum atomic E-state index is 12.4. The molecule has 6 rings (SSSR count). The van der Waals surface area contributed by atoms with Crippen LogP contribution in [0.25, 0.3) is 0 Å². The third-order valence-corrected chi connectivity index (χ3v) is 12.4. The van der Waals surface area contributed by atoms with Crippen molar-refractivity contribution in [1.82, 2.24) is 0 Å². The molecule has 0 spiro atoms. The summed E-state index contributed by atoms with van der Waals surface area (Å²) in [6.45, 7) is 4.60. The highest BCUT2D eigenvalue weighted by Crippen LogP contribution is 2.70. The number of hydrogen-bond acceptors (Lipinski definition) is 11. The first-order chi connectivity index (χ1) is 19.3. The van der Waals surface area contributed by atoms with Crippen molar-refractivity contribution in [3.63, 3.8) is 0 Å². The zero-order valence-electron chi connectivity index (χ0n) is 24.0. The van der Waals surface area contributed by atoms with Gasteiger partial charge in [-0.2, -0.15) is 0 Å². The Kier molecular flexibility index (Phi) is 7.17. The quantitative estimate of drug-likeness (QED) is 0.234. The van der Waals surface area contributed by atoms with E-state index in [1.807, 2.05) is 0 Å². The van der Waals surface area contributed by atoms with Gasteiger partial charge in [0, 0.05) is 17.9 Å². The molecule has 5 N–H and O–H groups in total. The van der Waals surface area contributed by atoms with Gasteiger partial charge in [0.25, 0.3) is 0 Å². The Morgan fingerprint density at radius 1 is 0.927 bits per heavy atom. The van der Waals surface area contributed by atoms with E-state index in [-0.39, 0.29) is 35.6 Å². The number of rotatable bonds is 4. The van der Waals surface area contributed by atoms with E-state index in [0.717, 1.165) is 31.9 Å². The number of carbonyl (C=O) groups is 2. The van der Waals surface area contributed by atoms with Gasteiger partial charge >= 0.3 is 11.9 Å². The van der Waals surface area contributed by atoms with E-state index in [0.29, 0.717) is 38.7 Å². The van der Waals surface area contributed by atoms with Crippen LogP contribution in [-0.2, 0) is 28.5 Å². The van der Waals surface area contributed by atoms with Crippen molar-refractivity contribution in [3.8, 4) is 0 Å². The summed E-state index contributed by atoms with van der Waals surface area (Å²) < 4.78 is 21.5. The highest BCUT2D eigenvalue weighted by molar-refractivity contribution is 5.85.